The molecule has 0 saturated carbocycles. The van der Waals surface area contributed by atoms with Crippen LogP contribution in [-0.2, 0) is 13.1 Å². The second kappa shape index (κ2) is 8.48. The predicted molar refractivity (Wildman–Crippen MR) is 112 cm³/mol. The van der Waals surface area contributed by atoms with Crippen LogP contribution in [0.2, 0.25) is 0 Å². The lowest BCUT2D eigenvalue weighted by Crippen LogP contribution is -2.52. The van der Waals surface area contributed by atoms with Gasteiger partial charge in [-0.2, -0.15) is 0 Å². The number of aryl methyl sites for hydroxylation is 1. The zero-order chi connectivity index (χ0) is 18.6. The van der Waals surface area contributed by atoms with E-state index in [4.69, 9.17) is 4.98 Å². The minimum atomic E-state index is 0.240. The van der Waals surface area contributed by atoms with Crippen LogP contribution in [0.1, 0.15) is 22.6 Å². The van der Waals surface area contributed by atoms with Gasteiger partial charge in [-0.3, -0.25) is 9.80 Å². The van der Waals surface area contributed by atoms with E-state index in [0.717, 1.165) is 44.7 Å². The number of piperazine rings is 1. The van der Waals surface area contributed by atoms with Crippen molar-refractivity contribution in [2.75, 3.05) is 26.2 Å². The SMILES string of the molecule is Cc1ccccc1CN1CCN(Cc2nc3ccccc3s2)C[C@H]1CCO. The monoisotopic (exact) mass is 381 g/mol. The predicted octanol–water partition coefficient (Wildman–Crippen LogP) is 3.67. The molecule has 0 bridgehead atoms. The highest BCUT2D eigenvalue weighted by Crippen LogP contribution is 2.24. The fourth-order valence-electron chi connectivity index (χ4n) is 3.92. The van der Waals surface area contributed by atoms with E-state index in [2.05, 4.69) is 59.2 Å². The van der Waals surface area contributed by atoms with E-state index in [-0.39, 0.29) is 6.61 Å². The van der Waals surface area contributed by atoms with Gasteiger partial charge < -0.3 is 5.11 Å². The quantitative estimate of drug-likeness (QED) is 0.707. The first-order valence-corrected chi connectivity index (χ1v) is 10.5. The van der Waals surface area contributed by atoms with Crippen LogP contribution in [0.4, 0.5) is 0 Å². The summed E-state index contributed by atoms with van der Waals surface area (Å²) in [6.07, 6.45) is 0.822. The molecule has 27 heavy (non-hydrogen) atoms. The van der Waals surface area contributed by atoms with Gasteiger partial charge in [-0.15, -0.1) is 11.3 Å². The van der Waals surface area contributed by atoms with E-state index in [1.807, 2.05) is 6.07 Å². The van der Waals surface area contributed by atoms with Crippen molar-refractivity contribution in [2.24, 2.45) is 0 Å². The third-order valence-electron chi connectivity index (χ3n) is 5.48. The zero-order valence-corrected chi connectivity index (χ0v) is 16.7. The van der Waals surface area contributed by atoms with Gasteiger partial charge in [0.25, 0.3) is 0 Å². The van der Waals surface area contributed by atoms with Gasteiger partial charge in [-0.1, -0.05) is 36.4 Å². The Kier molecular flexibility index (Phi) is 5.83. The average Bonchev–Trinajstić information content (AvgIpc) is 3.08. The van der Waals surface area contributed by atoms with Crippen molar-refractivity contribution in [3.8, 4) is 0 Å². The van der Waals surface area contributed by atoms with Crippen LogP contribution in [0.5, 0.6) is 0 Å². The first kappa shape index (κ1) is 18.6. The number of hydrogen-bond donors (Lipinski definition) is 1. The van der Waals surface area contributed by atoms with Crippen LogP contribution in [0.3, 0.4) is 0 Å². The van der Waals surface area contributed by atoms with E-state index < -0.39 is 0 Å². The lowest BCUT2D eigenvalue weighted by molar-refractivity contribution is 0.0498. The van der Waals surface area contributed by atoms with Gasteiger partial charge in [0, 0.05) is 38.8 Å². The molecule has 2 aromatic carbocycles. The zero-order valence-electron chi connectivity index (χ0n) is 15.8. The van der Waals surface area contributed by atoms with Crippen molar-refractivity contribution in [3.05, 3.63) is 64.7 Å². The minimum Gasteiger partial charge on any atom is -0.396 e. The van der Waals surface area contributed by atoms with E-state index >= 15 is 0 Å². The standard InChI is InChI=1S/C22H27N3OS/c1-17-6-2-3-7-18(17)14-25-12-11-24(15-19(25)10-13-26)16-22-23-20-8-4-5-9-21(20)27-22/h2-9,19,26H,10-16H2,1H3/t19-/m1/s1. The Balaban J connectivity index is 1.43. The topological polar surface area (TPSA) is 39.6 Å². The molecule has 1 aliphatic rings. The molecule has 4 rings (SSSR count). The summed E-state index contributed by atoms with van der Waals surface area (Å²) in [7, 11) is 0. The maximum Gasteiger partial charge on any atom is 0.108 e. The number of hydrogen-bond acceptors (Lipinski definition) is 5. The van der Waals surface area contributed by atoms with Crippen LogP contribution in [-0.4, -0.2) is 52.2 Å². The number of aliphatic hydroxyl groups is 1. The Bertz CT molecular complexity index is 861. The van der Waals surface area contributed by atoms with Crippen molar-refractivity contribution < 1.29 is 5.11 Å². The maximum atomic E-state index is 9.57. The molecule has 5 heteroatoms. The normalized spacial score (nSPS) is 19.0. The second-order valence-electron chi connectivity index (χ2n) is 7.37. The Morgan fingerprint density at radius 3 is 2.70 bits per heavy atom. The first-order chi connectivity index (χ1) is 13.2. The third-order valence-corrected chi connectivity index (χ3v) is 6.50. The summed E-state index contributed by atoms with van der Waals surface area (Å²) in [5, 5.41) is 10.8. The molecule has 1 saturated heterocycles. The molecule has 0 amide bonds. The molecular weight excluding hydrogens is 354 g/mol. The number of thiazole rings is 1. The lowest BCUT2D eigenvalue weighted by atomic mass is 10.0. The van der Waals surface area contributed by atoms with E-state index in [9.17, 15) is 5.11 Å². The van der Waals surface area contributed by atoms with Crippen molar-refractivity contribution in [1.29, 1.82) is 0 Å². The van der Waals surface area contributed by atoms with Crippen molar-refractivity contribution in [1.82, 2.24) is 14.8 Å². The number of aromatic nitrogens is 1. The van der Waals surface area contributed by atoms with Gasteiger partial charge in [-0.05, 0) is 36.6 Å². The van der Waals surface area contributed by atoms with E-state index in [0.29, 0.717) is 6.04 Å². The van der Waals surface area contributed by atoms with Crippen LogP contribution in [0, 0.1) is 6.92 Å². The minimum absolute atomic E-state index is 0.240. The molecule has 1 aromatic heterocycles. The van der Waals surface area contributed by atoms with Crippen molar-refractivity contribution >= 4 is 21.6 Å². The second-order valence-corrected chi connectivity index (χ2v) is 8.49. The highest BCUT2D eigenvalue weighted by molar-refractivity contribution is 7.18. The summed E-state index contributed by atoms with van der Waals surface area (Å²) in [5.74, 6) is 0. The molecule has 0 radical (unpaired) electrons. The van der Waals surface area contributed by atoms with Gasteiger partial charge in [0.05, 0.1) is 16.8 Å². The van der Waals surface area contributed by atoms with Gasteiger partial charge in [0.2, 0.25) is 0 Å². The summed E-state index contributed by atoms with van der Waals surface area (Å²) >= 11 is 1.80. The molecule has 142 valence electrons. The summed E-state index contributed by atoms with van der Waals surface area (Å²) in [6, 6.07) is 17.4. The smallest absolute Gasteiger partial charge is 0.108 e. The van der Waals surface area contributed by atoms with Crippen LogP contribution >= 0.6 is 11.3 Å². The highest BCUT2D eigenvalue weighted by atomic mass is 32.1. The fraction of sp³-hybridized carbons (Fsp3) is 0.409. The lowest BCUT2D eigenvalue weighted by Gasteiger charge is -2.41. The van der Waals surface area contributed by atoms with E-state index in [1.165, 1.54) is 20.8 Å². The molecule has 1 atom stereocenters. The summed E-state index contributed by atoms with van der Waals surface area (Å²) in [4.78, 5) is 9.82. The number of nitrogens with zero attached hydrogens (tertiary/aromatic N) is 3. The molecule has 4 nitrogen and oxygen atoms in total. The number of fused-ring (bicyclic) bond motifs is 1. The Labute approximate surface area is 165 Å². The molecule has 1 N–H and O–H groups in total. The molecule has 3 aromatic rings. The van der Waals surface area contributed by atoms with Crippen molar-refractivity contribution in [2.45, 2.75) is 32.5 Å². The summed E-state index contributed by atoms with van der Waals surface area (Å²) in [5.41, 5.74) is 3.83. The number of rotatable bonds is 6. The largest absolute Gasteiger partial charge is 0.396 e. The van der Waals surface area contributed by atoms with E-state index in [1.54, 1.807) is 11.3 Å². The molecule has 0 aliphatic carbocycles. The van der Waals surface area contributed by atoms with Crippen LogP contribution < -0.4 is 0 Å². The molecule has 1 fully saturated rings. The van der Waals surface area contributed by atoms with Crippen molar-refractivity contribution in [3.63, 3.8) is 0 Å². The van der Waals surface area contributed by atoms with Crippen LogP contribution in [0.25, 0.3) is 10.2 Å². The average molecular weight is 382 g/mol. The number of benzene rings is 2. The fourth-order valence-corrected chi connectivity index (χ4v) is 4.93. The Morgan fingerprint density at radius 2 is 1.89 bits per heavy atom. The Hall–Kier alpha value is -1.79. The highest BCUT2D eigenvalue weighted by Gasteiger charge is 2.27. The molecule has 1 aliphatic heterocycles. The molecular formula is C22H27N3OS. The summed E-state index contributed by atoms with van der Waals surface area (Å²) < 4.78 is 1.26. The van der Waals surface area contributed by atoms with Gasteiger partial charge in [0.1, 0.15) is 5.01 Å². The number of aliphatic hydroxyl groups excluding tert-OH is 1. The molecule has 0 unspecified atom stereocenters. The third kappa shape index (κ3) is 4.38. The molecule has 2 heterocycles. The first-order valence-electron chi connectivity index (χ1n) is 9.69. The maximum absolute atomic E-state index is 9.57. The van der Waals surface area contributed by atoms with Gasteiger partial charge in [0.15, 0.2) is 0 Å². The van der Waals surface area contributed by atoms with Crippen LogP contribution in [0.15, 0.2) is 48.5 Å². The summed E-state index contributed by atoms with van der Waals surface area (Å²) in [6.45, 7) is 7.35. The van der Waals surface area contributed by atoms with Gasteiger partial charge in [-0.25, -0.2) is 4.98 Å². The Morgan fingerprint density at radius 1 is 1.07 bits per heavy atom. The van der Waals surface area contributed by atoms with Gasteiger partial charge >= 0.3 is 0 Å². The number of para-hydroxylation sites is 1. The molecule has 0 spiro atoms.